The van der Waals surface area contributed by atoms with Crippen molar-refractivity contribution in [2.24, 2.45) is 0 Å². The molecule has 1 aliphatic carbocycles. The second kappa shape index (κ2) is 6.78. The molecule has 1 saturated carbocycles. The summed E-state index contributed by atoms with van der Waals surface area (Å²) in [5, 5.41) is 10.6. The third-order valence-electron chi connectivity index (χ3n) is 4.01. The minimum absolute atomic E-state index is 0. The molecule has 2 heterocycles. The first-order valence-electron chi connectivity index (χ1n) is 7.06. The van der Waals surface area contributed by atoms with Crippen LogP contribution >= 0.6 is 23.7 Å². The fraction of sp³-hybridized carbons (Fsp3) is 0.571. The van der Waals surface area contributed by atoms with Gasteiger partial charge < -0.3 is 10.0 Å². The maximum absolute atomic E-state index is 12.6. The summed E-state index contributed by atoms with van der Waals surface area (Å²) in [6.07, 6.45) is -1.72. The lowest BCUT2D eigenvalue weighted by Crippen LogP contribution is -2.38. The maximum Gasteiger partial charge on any atom is 0.393 e. The number of anilines is 1. The highest BCUT2D eigenvalue weighted by Gasteiger charge is 2.32. The molecular weight excluding hydrogens is 351 g/mol. The van der Waals surface area contributed by atoms with Crippen molar-refractivity contribution in [3.05, 3.63) is 17.3 Å². The normalized spacial score (nSPS) is 21.4. The molecule has 1 fully saturated rings. The summed E-state index contributed by atoms with van der Waals surface area (Å²) in [5.74, 6) is 0.584. The molecular formula is C14H17ClF3N3OS. The Labute approximate surface area is 141 Å². The summed E-state index contributed by atoms with van der Waals surface area (Å²) < 4.78 is 37.7. The summed E-state index contributed by atoms with van der Waals surface area (Å²) in [7, 11) is 1.82. The molecule has 9 heteroatoms. The first-order valence-corrected chi connectivity index (χ1v) is 7.88. The molecule has 0 aliphatic heterocycles. The van der Waals surface area contributed by atoms with Crippen LogP contribution in [-0.2, 0) is 6.42 Å². The van der Waals surface area contributed by atoms with E-state index in [1.807, 2.05) is 11.9 Å². The summed E-state index contributed by atoms with van der Waals surface area (Å²) >= 11 is 1.04. The summed E-state index contributed by atoms with van der Waals surface area (Å²) in [5.41, 5.74) is 0. The van der Waals surface area contributed by atoms with Crippen molar-refractivity contribution in [1.29, 1.82) is 0 Å². The van der Waals surface area contributed by atoms with Gasteiger partial charge in [0, 0.05) is 11.9 Å². The Bertz CT molecular complexity index is 679. The van der Waals surface area contributed by atoms with Crippen LogP contribution in [-0.4, -0.2) is 40.4 Å². The molecule has 0 amide bonds. The first-order chi connectivity index (χ1) is 10.3. The third-order valence-corrected chi connectivity index (χ3v) is 5.05. The van der Waals surface area contributed by atoms with Gasteiger partial charge in [-0.25, -0.2) is 9.97 Å². The van der Waals surface area contributed by atoms with Crippen molar-refractivity contribution in [1.82, 2.24) is 9.97 Å². The zero-order chi connectivity index (χ0) is 15.9. The van der Waals surface area contributed by atoms with Gasteiger partial charge in [-0.2, -0.15) is 13.2 Å². The fourth-order valence-electron chi connectivity index (χ4n) is 2.99. The minimum atomic E-state index is -4.23. The molecule has 0 radical (unpaired) electrons. The van der Waals surface area contributed by atoms with Crippen molar-refractivity contribution in [2.45, 2.75) is 44.0 Å². The van der Waals surface area contributed by atoms with Gasteiger partial charge in [-0.05, 0) is 25.3 Å². The lowest BCUT2D eigenvalue weighted by atomic mass is 10.2. The Morgan fingerprint density at radius 3 is 2.70 bits per heavy atom. The summed E-state index contributed by atoms with van der Waals surface area (Å²) in [6.45, 7) is 0. The van der Waals surface area contributed by atoms with E-state index >= 15 is 0 Å². The number of hydrogen-bond donors (Lipinski definition) is 1. The SMILES string of the molecule is CN(c1ncnc2sc(CC(F)(F)F)cc12)C1CCCC1O.Cl. The topological polar surface area (TPSA) is 49.2 Å². The highest BCUT2D eigenvalue weighted by molar-refractivity contribution is 7.18. The molecule has 0 bridgehead atoms. The van der Waals surface area contributed by atoms with E-state index in [-0.39, 0.29) is 23.3 Å². The highest BCUT2D eigenvalue weighted by atomic mass is 35.5. The summed E-state index contributed by atoms with van der Waals surface area (Å²) in [4.78, 5) is 10.9. The molecule has 128 valence electrons. The molecule has 0 aromatic carbocycles. The molecule has 0 spiro atoms. The van der Waals surface area contributed by atoms with E-state index in [1.54, 1.807) is 0 Å². The lowest BCUT2D eigenvalue weighted by molar-refractivity contribution is -0.126. The predicted molar refractivity (Wildman–Crippen MR) is 86.5 cm³/mol. The van der Waals surface area contributed by atoms with Gasteiger partial charge in [0.1, 0.15) is 17.0 Å². The smallest absolute Gasteiger partial charge is 0.391 e. The molecule has 4 nitrogen and oxygen atoms in total. The Kier molecular flexibility index (Phi) is 5.37. The molecule has 0 saturated heterocycles. The van der Waals surface area contributed by atoms with Crippen LogP contribution in [0.15, 0.2) is 12.4 Å². The second-order valence-electron chi connectivity index (χ2n) is 5.60. The van der Waals surface area contributed by atoms with E-state index in [0.29, 0.717) is 16.0 Å². The Morgan fingerprint density at radius 2 is 2.09 bits per heavy atom. The average Bonchev–Trinajstić information content (AvgIpc) is 3.00. The van der Waals surface area contributed by atoms with Crippen LogP contribution in [0.3, 0.4) is 0 Å². The summed E-state index contributed by atoms with van der Waals surface area (Å²) in [6, 6.07) is 1.46. The predicted octanol–water partition coefficient (Wildman–Crippen LogP) is 3.57. The van der Waals surface area contributed by atoms with E-state index in [1.165, 1.54) is 12.4 Å². The molecule has 23 heavy (non-hydrogen) atoms. The van der Waals surface area contributed by atoms with Crippen LogP contribution in [0.1, 0.15) is 24.1 Å². The third kappa shape index (κ3) is 3.87. The van der Waals surface area contributed by atoms with Gasteiger partial charge in [0.25, 0.3) is 0 Å². The van der Waals surface area contributed by atoms with Gasteiger partial charge in [0.05, 0.1) is 24.0 Å². The van der Waals surface area contributed by atoms with Crippen molar-refractivity contribution in [3.8, 4) is 0 Å². The Hall–Kier alpha value is -1.12. The number of aliphatic hydroxyl groups is 1. The number of aromatic nitrogens is 2. The average molecular weight is 368 g/mol. The van der Waals surface area contributed by atoms with Crippen LogP contribution < -0.4 is 4.90 Å². The van der Waals surface area contributed by atoms with Gasteiger partial charge in [0.15, 0.2) is 0 Å². The molecule has 2 aromatic rings. The molecule has 1 N–H and O–H groups in total. The maximum atomic E-state index is 12.6. The quantitative estimate of drug-likeness (QED) is 0.901. The van der Waals surface area contributed by atoms with E-state index in [0.717, 1.165) is 30.6 Å². The van der Waals surface area contributed by atoms with Crippen LogP contribution in [0.4, 0.5) is 19.0 Å². The number of thiophene rings is 1. The largest absolute Gasteiger partial charge is 0.393 e. The monoisotopic (exact) mass is 367 g/mol. The number of aliphatic hydroxyl groups excluding tert-OH is 1. The number of likely N-dealkylation sites (N-methyl/N-ethyl adjacent to an activating group) is 1. The second-order valence-corrected chi connectivity index (χ2v) is 6.71. The van der Waals surface area contributed by atoms with Crippen molar-refractivity contribution < 1.29 is 18.3 Å². The zero-order valence-electron chi connectivity index (χ0n) is 12.4. The first kappa shape index (κ1) is 18.2. The Morgan fingerprint density at radius 1 is 1.35 bits per heavy atom. The molecule has 2 atom stereocenters. The minimum Gasteiger partial charge on any atom is -0.391 e. The van der Waals surface area contributed by atoms with Crippen LogP contribution in [0.2, 0.25) is 0 Å². The van der Waals surface area contributed by atoms with Crippen LogP contribution in [0.5, 0.6) is 0 Å². The molecule has 2 aromatic heterocycles. The standard InChI is InChI=1S/C14H16F3N3OS.ClH/c1-20(10-3-2-4-11(10)21)12-9-5-8(6-14(15,16)17)22-13(9)19-7-18-12;/h5,7,10-11,21H,2-4,6H2,1H3;1H. The van der Waals surface area contributed by atoms with E-state index in [4.69, 9.17) is 0 Å². The van der Waals surface area contributed by atoms with Gasteiger partial charge in [-0.15, -0.1) is 23.7 Å². The van der Waals surface area contributed by atoms with Gasteiger partial charge in [0.2, 0.25) is 0 Å². The van der Waals surface area contributed by atoms with E-state index in [2.05, 4.69) is 9.97 Å². The van der Waals surface area contributed by atoms with Gasteiger partial charge in [-0.1, -0.05) is 0 Å². The number of fused-ring (bicyclic) bond motifs is 1. The fourth-order valence-corrected chi connectivity index (χ4v) is 4.01. The van der Waals surface area contributed by atoms with E-state index < -0.39 is 18.7 Å². The molecule has 1 aliphatic rings. The van der Waals surface area contributed by atoms with Crippen LogP contribution in [0, 0.1) is 0 Å². The van der Waals surface area contributed by atoms with Crippen molar-refractivity contribution >= 4 is 39.8 Å². The Balaban J connectivity index is 0.00000192. The van der Waals surface area contributed by atoms with Crippen molar-refractivity contribution in [3.63, 3.8) is 0 Å². The number of alkyl halides is 3. The van der Waals surface area contributed by atoms with Gasteiger partial charge in [-0.3, -0.25) is 0 Å². The number of hydrogen-bond acceptors (Lipinski definition) is 5. The number of nitrogens with zero attached hydrogens (tertiary/aromatic N) is 3. The molecule has 2 unspecified atom stereocenters. The number of halogens is 4. The van der Waals surface area contributed by atoms with Crippen molar-refractivity contribution in [2.75, 3.05) is 11.9 Å². The highest BCUT2D eigenvalue weighted by Crippen LogP contribution is 2.35. The molecule has 3 rings (SSSR count). The van der Waals surface area contributed by atoms with Gasteiger partial charge >= 0.3 is 6.18 Å². The lowest BCUT2D eigenvalue weighted by Gasteiger charge is -2.28. The number of rotatable bonds is 3. The van der Waals surface area contributed by atoms with E-state index in [9.17, 15) is 18.3 Å². The zero-order valence-corrected chi connectivity index (χ0v) is 14.0. The van der Waals surface area contributed by atoms with Crippen LogP contribution in [0.25, 0.3) is 10.2 Å².